The van der Waals surface area contributed by atoms with Crippen molar-refractivity contribution >= 4 is 43.4 Å². The van der Waals surface area contributed by atoms with E-state index in [2.05, 4.69) is 70.2 Å². The lowest BCUT2D eigenvalue weighted by Gasteiger charge is -2.11. The zero-order chi connectivity index (χ0) is 26.5. The summed E-state index contributed by atoms with van der Waals surface area (Å²) in [5.74, 6) is 1.94. The van der Waals surface area contributed by atoms with Crippen LogP contribution in [-0.2, 0) is 0 Å². The standard InChI is InChI=1S/C34H21N5S/c1-3-10-22(11-4-1)32-36-33(23-12-5-2-6-13-23)38-34(37-32)24-14-9-15-25(20-24)39-29-17-8-7-16-26(29)27-18-19-28-31(30(27)39)40-21-35-28/h1-21H. The highest BCUT2D eigenvalue weighted by Gasteiger charge is 2.17. The monoisotopic (exact) mass is 531 g/mol. The van der Waals surface area contributed by atoms with E-state index in [4.69, 9.17) is 15.0 Å². The van der Waals surface area contributed by atoms with E-state index in [1.54, 1.807) is 11.3 Å². The molecular formula is C34H21N5S. The van der Waals surface area contributed by atoms with Gasteiger partial charge in [0.25, 0.3) is 0 Å². The van der Waals surface area contributed by atoms with E-state index >= 15 is 0 Å². The first kappa shape index (κ1) is 22.8. The Morgan fingerprint density at radius 2 is 1.15 bits per heavy atom. The van der Waals surface area contributed by atoms with Gasteiger partial charge in [0.2, 0.25) is 0 Å². The van der Waals surface area contributed by atoms with E-state index in [0.29, 0.717) is 17.5 Å². The average Bonchev–Trinajstić information content (AvgIpc) is 3.65. The van der Waals surface area contributed by atoms with Crippen LogP contribution in [0.3, 0.4) is 0 Å². The molecule has 3 heterocycles. The molecule has 0 unspecified atom stereocenters. The van der Waals surface area contributed by atoms with E-state index in [1.807, 2.05) is 66.2 Å². The van der Waals surface area contributed by atoms with Crippen molar-refractivity contribution in [2.45, 2.75) is 0 Å². The Morgan fingerprint density at radius 1 is 0.525 bits per heavy atom. The second kappa shape index (κ2) is 9.22. The van der Waals surface area contributed by atoms with Crippen LogP contribution in [0, 0.1) is 0 Å². The number of rotatable bonds is 4. The van der Waals surface area contributed by atoms with Gasteiger partial charge < -0.3 is 4.57 Å². The van der Waals surface area contributed by atoms with Crippen LogP contribution in [-0.4, -0.2) is 24.5 Å². The molecule has 0 amide bonds. The fourth-order valence-corrected chi connectivity index (χ4v) is 6.19. The summed E-state index contributed by atoms with van der Waals surface area (Å²) in [6, 6.07) is 41.5. The van der Waals surface area contributed by atoms with Crippen LogP contribution in [0.2, 0.25) is 0 Å². The molecule has 0 saturated carbocycles. The number of hydrogen-bond acceptors (Lipinski definition) is 5. The summed E-state index contributed by atoms with van der Waals surface area (Å²) in [6.07, 6.45) is 0. The van der Waals surface area contributed by atoms with Gasteiger partial charge in [0.1, 0.15) is 0 Å². The van der Waals surface area contributed by atoms with Crippen LogP contribution in [0.5, 0.6) is 0 Å². The molecule has 0 fully saturated rings. The quantitative estimate of drug-likeness (QED) is 0.228. The Balaban J connectivity index is 1.37. The van der Waals surface area contributed by atoms with Gasteiger partial charge in [-0.3, -0.25) is 0 Å². The molecular weight excluding hydrogens is 510 g/mol. The number of para-hydroxylation sites is 1. The van der Waals surface area contributed by atoms with E-state index in [0.717, 1.165) is 33.4 Å². The molecule has 0 aliphatic heterocycles. The van der Waals surface area contributed by atoms with Crippen LogP contribution < -0.4 is 0 Å². The number of fused-ring (bicyclic) bond motifs is 5. The molecule has 0 N–H and O–H groups in total. The minimum Gasteiger partial charge on any atom is -0.308 e. The maximum absolute atomic E-state index is 4.95. The molecule has 0 saturated heterocycles. The van der Waals surface area contributed by atoms with Crippen LogP contribution in [0.15, 0.2) is 127 Å². The molecule has 0 spiro atoms. The zero-order valence-corrected chi connectivity index (χ0v) is 22.1. The van der Waals surface area contributed by atoms with Gasteiger partial charge >= 0.3 is 0 Å². The number of nitrogens with zero attached hydrogens (tertiary/aromatic N) is 5. The Hall–Kier alpha value is -5.20. The third kappa shape index (κ3) is 3.69. The molecule has 0 bridgehead atoms. The third-order valence-electron chi connectivity index (χ3n) is 7.19. The zero-order valence-electron chi connectivity index (χ0n) is 21.3. The number of aromatic nitrogens is 5. The van der Waals surface area contributed by atoms with Crippen molar-refractivity contribution in [3.63, 3.8) is 0 Å². The molecule has 8 aromatic rings. The Labute approximate surface area is 234 Å². The molecule has 0 atom stereocenters. The summed E-state index contributed by atoms with van der Waals surface area (Å²) in [5.41, 5.74) is 9.14. The van der Waals surface area contributed by atoms with Gasteiger partial charge in [-0.15, -0.1) is 11.3 Å². The van der Waals surface area contributed by atoms with Crippen molar-refractivity contribution in [2.24, 2.45) is 0 Å². The Kier molecular flexibility index (Phi) is 5.24. The second-order valence-corrected chi connectivity index (χ2v) is 10.5. The van der Waals surface area contributed by atoms with Gasteiger partial charge in [-0.2, -0.15) is 0 Å². The van der Waals surface area contributed by atoms with Gasteiger partial charge in [-0.05, 0) is 30.3 Å². The average molecular weight is 532 g/mol. The van der Waals surface area contributed by atoms with E-state index in [9.17, 15) is 0 Å². The highest BCUT2D eigenvalue weighted by Crippen LogP contribution is 2.38. The summed E-state index contributed by atoms with van der Waals surface area (Å²) in [6.45, 7) is 0. The number of thiazole rings is 1. The number of hydrogen-bond donors (Lipinski definition) is 0. The summed E-state index contributed by atoms with van der Waals surface area (Å²) in [5, 5.41) is 2.44. The lowest BCUT2D eigenvalue weighted by molar-refractivity contribution is 1.07. The van der Waals surface area contributed by atoms with Crippen molar-refractivity contribution in [3.8, 4) is 39.9 Å². The maximum atomic E-state index is 4.95. The fraction of sp³-hybridized carbons (Fsp3) is 0. The minimum absolute atomic E-state index is 0.637. The van der Waals surface area contributed by atoms with Crippen LogP contribution in [0.25, 0.3) is 71.9 Å². The van der Waals surface area contributed by atoms with E-state index in [1.165, 1.54) is 21.0 Å². The first-order valence-corrected chi connectivity index (χ1v) is 13.9. The van der Waals surface area contributed by atoms with Gasteiger partial charge in [0.05, 0.1) is 26.8 Å². The van der Waals surface area contributed by atoms with Gasteiger partial charge in [0.15, 0.2) is 17.5 Å². The molecule has 3 aromatic heterocycles. The fourth-order valence-electron chi connectivity index (χ4n) is 5.36. The van der Waals surface area contributed by atoms with Crippen molar-refractivity contribution in [3.05, 3.63) is 127 Å². The third-order valence-corrected chi connectivity index (χ3v) is 8.04. The lowest BCUT2D eigenvalue weighted by Crippen LogP contribution is -2.01. The Bertz CT molecular complexity index is 2110. The predicted molar refractivity (Wildman–Crippen MR) is 164 cm³/mol. The van der Waals surface area contributed by atoms with Crippen molar-refractivity contribution < 1.29 is 0 Å². The van der Waals surface area contributed by atoms with Gasteiger partial charge in [-0.1, -0.05) is 91.0 Å². The smallest absolute Gasteiger partial charge is 0.164 e. The summed E-state index contributed by atoms with van der Waals surface area (Å²) in [4.78, 5) is 19.3. The van der Waals surface area contributed by atoms with Crippen LogP contribution in [0.4, 0.5) is 0 Å². The molecule has 8 rings (SSSR count). The second-order valence-electron chi connectivity index (χ2n) is 9.60. The molecule has 188 valence electrons. The van der Waals surface area contributed by atoms with Crippen molar-refractivity contribution in [2.75, 3.05) is 0 Å². The van der Waals surface area contributed by atoms with Gasteiger partial charge in [0, 0.05) is 33.2 Å². The van der Waals surface area contributed by atoms with Crippen molar-refractivity contribution in [1.82, 2.24) is 24.5 Å². The molecule has 0 aliphatic rings. The highest BCUT2D eigenvalue weighted by molar-refractivity contribution is 7.17. The first-order valence-electron chi connectivity index (χ1n) is 13.1. The molecule has 6 heteroatoms. The lowest BCUT2D eigenvalue weighted by atomic mass is 10.1. The topological polar surface area (TPSA) is 56.5 Å². The largest absolute Gasteiger partial charge is 0.308 e. The SMILES string of the molecule is c1ccc(-c2nc(-c3ccccc3)nc(-c3cccc(-n4c5ccccc5c5ccc6ncsc6c54)c3)n2)cc1. The summed E-state index contributed by atoms with van der Waals surface area (Å²) in [7, 11) is 0. The molecule has 0 radical (unpaired) electrons. The minimum atomic E-state index is 0.637. The summed E-state index contributed by atoms with van der Waals surface area (Å²) < 4.78 is 3.52. The first-order chi connectivity index (χ1) is 19.8. The highest BCUT2D eigenvalue weighted by atomic mass is 32.1. The van der Waals surface area contributed by atoms with Crippen molar-refractivity contribution in [1.29, 1.82) is 0 Å². The molecule has 0 aliphatic carbocycles. The van der Waals surface area contributed by atoms with Crippen LogP contribution in [0.1, 0.15) is 0 Å². The number of benzene rings is 5. The van der Waals surface area contributed by atoms with E-state index in [-0.39, 0.29) is 0 Å². The Morgan fingerprint density at radius 3 is 1.88 bits per heavy atom. The predicted octanol–water partition coefficient (Wildman–Crippen LogP) is 8.58. The molecule has 40 heavy (non-hydrogen) atoms. The van der Waals surface area contributed by atoms with Gasteiger partial charge in [-0.25, -0.2) is 19.9 Å². The van der Waals surface area contributed by atoms with E-state index < -0.39 is 0 Å². The van der Waals surface area contributed by atoms with Crippen LogP contribution >= 0.6 is 11.3 Å². The normalized spacial score (nSPS) is 11.5. The molecule has 5 aromatic carbocycles. The summed E-state index contributed by atoms with van der Waals surface area (Å²) >= 11 is 1.68. The molecule has 5 nitrogen and oxygen atoms in total. The maximum Gasteiger partial charge on any atom is 0.164 e.